The van der Waals surface area contributed by atoms with Crippen molar-refractivity contribution < 1.29 is 48.3 Å². The fourth-order valence-electron chi connectivity index (χ4n) is 7.95. The van der Waals surface area contributed by atoms with Crippen molar-refractivity contribution in [2.24, 2.45) is 11.8 Å². The second-order valence-corrected chi connectivity index (χ2v) is 17.6. The highest BCUT2D eigenvalue weighted by atomic mass is 32.1. The second kappa shape index (κ2) is 19.7. The largest absolute Gasteiger partial charge is 0.508 e. The van der Waals surface area contributed by atoms with Gasteiger partial charge in [-0.05, 0) is 135 Å². The maximum atomic E-state index is 13.7. The molecule has 3 heterocycles. The number of carbonyl (C=O) groups is 4. The molecule has 12 nitrogen and oxygen atoms in total. The summed E-state index contributed by atoms with van der Waals surface area (Å²) in [6.45, 7) is 0. The van der Waals surface area contributed by atoms with Crippen LogP contribution in [0.2, 0.25) is 0 Å². The molecule has 0 saturated heterocycles. The van der Waals surface area contributed by atoms with Gasteiger partial charge in [-0.3, -0.25) is 19.2 Å². The summed E-state index contributed by atoms with van der Waals surface area (Å²) in [5.41, 5.74) is 3.65. The fourth-order valence-corrected chi connectivity index (χ4v) is 9.38. The van der Waals surface area contributed by atoms with Gasteiger partial charge in [-0.2, -0.15) is 0 Å². The SMILES string of the molecule is O=C(CCc1ccc(O)cc1)O[C@H]1CC[C@H](C(=O)Oc2ccc(OC(=O)[C@H]3CC[C@H](OC(=O)CCc4ccc(O)cc4)CC3)c3nc(-c4cccs4)c(-c4cccs4)nc23)CC1. The van der Waals surface area contributed by atoms with Gasteiger partial charge in [-0.1, -0.05) is 36.4 Å². The minimum Gasteiger partial charge on any atom is -0.508 e. The summed E-state index contributed by atoms with van der Waals surface area (Å²) in [4.78, 5) is 64.6. The molecule has 3 aromatic carbocycles. The number of hydrogen-bond donors (Lipinski definition) is 2. The van der Waals surface area contributed by atoms with Gasteiger partial charge >= 0.3 is 23.9 Å². The van der Waals surface area contributed by atoms with Gasteiger partial charge in [0.05, 0.1) is 21.6 Å². The predicted molar refractivity (Wildman–Crippen MR) is 234 cm³/mol. The zero-order valence-corrected chi connectivity index (χ0v) is 35.5. The normalized spacial score (nSPS) is 18.8. The van der Waals surface area contributed by atoms with Crippen molar-refractivity contribution in [2.45, 2.75) is 89.3 Å². The molecule has 0 unspecified atom stereocenters. The van der Waals surface area contributed by atoms with E-state index >= 15 is 0 Å². The lowest BCUT2D eigenvalue weighted by atomic mass is 9.87. The van der Waals surface area contributed by atoms with E-state index in [1.165, 1.54) is 22.7 Å². The van der Waals surface area contributed by atoms with Crippen LogP contribution in [-0.4, -0.2) is 56.3 Å². The first-order valence-electron chi connectivity index (χ1n) is 21.0. The van der Waals surface area contributed by atoms with E-state index in [1.54, 1.807) is 60.7 Å². The monoisotopic (exact) mass is 874 g/mol. The van der Waals surface area contributed by atoms with Crippen LogP contribution in [0.5, 0.6) is 23.0 Å². The Balaban J connectivity index is 0.934. The van der Waals surface area contributed by atoms with Gasteiger partial charge in [0, 0.05) is 12.8 Å². The van der Waals surface area contributed by atoms with Gasteiger partial charge in [0.25, 0.3) is 0 Å². The molecule has 2 aliphatic rings. The molecule has 0 atom stereocenters. The van der Waals surface area contributed by atoms with Gasteiger partial charge in [-0.25, -0.2) is 9.97 Å². The molecule has 320 valence electrons. The average Bonchev–Trinajstić information content (AvgIpc) is 4.03. The van der Waals surface area contributed by atoms with Crippen molar-refractivity contribution in [3.05, 3.63) is 107 Å². The molecule has 0 spiro atoms. The predicted octanol–water partition coefficient (Wildman–Crippen LogP) is 9.78. The first-order valence-corrected chi connectivity index (χ1v) is 22.7. The highest BCUT2D eigenvalue weighted by molar-refractivity contribution is 7.14. The standard InChI is InChI=1S/C48H46N2O10S2/c51-33-15-5-29(6-16-33)9-25-41(53)57-35-19-11-31(12-20-35)47(55)59-37-23-24-38(44-43(37)49-45(39-3-1-27-61-39)46(50-44)40-4-2-28-62-40)60-48(56)32-13-21-36(22-14-32)58-42(54)26-10-30-7-17-34(52)18-8-30/h1-8,15-18,23-24,27-28,31-32,35-36,51-52H,9-14,19-22,25-26H2/t31-,32-,35-,36-. The summed E-state index contributed by atoms with van der Waals surface area (Å²) in [6, 6.07) is 24.4. The van der Waals surface area contributed by atoms with E-state index in [1.807, 2.05) is 35.0 Å². The minimum atomic E-state index is -0.423. The first-order chi connectivity index (χ1) is 30.1. The molecule has 2 aliphatic carbocycles. The van der Waals surface area contributed by atoms with Crippen molar-refractivity contribution in [1.82, 2.24) is 9.97 Å². The molecule has 0 radical (unpaired) electrons. The fraction of sp³-hybridized carbons (Fsp3) is 0.333. The number of nitrogens with zero attached hydrogens (tertiary/aromatic N) is 2. The van der Waals surface area contributed by atoms with E-state index < -0.39 is 23.8 Å². The molecule has 8 rings (SSSR count). The maximum Gasteiger partial charge on any atom is 0.314 e. The number of aryl methyl sites for hydroxylation is 2. The van der Waals surface area contributed by atoms with Crippen LogP contribution in [0.25, 0.3) is 32.2 Å². The van der Waals surface area contributed by atoms with Gasteiger partial charge < -0.3 is 29.2 Å². The highest BCUT2D eigenvalue weighted by Crippen LogP contribution is 2.41. The van der Waals surface area contributed by atoms with Crippen molar-refractivity contribution >= 4 is 57.6 Å². The van der Waals surface area contributed by atoms with Crippen molar-refractivity contribution in [3.63, 3.8) is 0 Å². The summed E-state index contributed by atoms with van der Waals surface area (Å²) < 4.78 is 23.7. The van der Waals surface area contributed by atoms with Crippen LogP contribution < -0.4 is 9.47 Å². The van der Waals surface area contributed by atoms with Crippen molar-refractivity contribution in [3.8, 4) is 44.1 Å². The maximum absolute atomic E-state index is 13.7. The van der Waals surface area contributed by atoms with Crippen molar-refractivity contribution in [1.29, 1.82) is 0 Å². The Hall–Kier alpha value is -6.12. The lowest BCUT2D eigenvalue weighted by molar-refractivity contribution is -0.153. The zero-order valence-electron chi connectivity index (χ0n) is 33.9. The molecule has 2 fully saturated rings. The Bertz CT molecular complexity index is 2320. The summed E-state index contributed by atoms with van der Waals surface area (Å²) in [6.07, 6.45) is 4.91. The Morgan fingerprint density at radius 3 is 1.27 bits per heavy atom. The Morgan fingerprint density at radius 1 is 0.532 bits per heavy atom. The molecule has 2 saturated carbocycles. The van der Waals surface area contributed by atoms with E-state index in [0.29, 0.717) is 75.6 Å². The lowest BCUT2D eigenvalue weighted by Crippen LogP contribution is -2.30. The molecular formula is C48H46N2O10S2. The van der Waals surface area contributed by atoms with Crippen LogP contribution in [-0.2, 0) is 41.5 Å². The molecule has 14 heteroatoms. The lowest BCUT2D eigenvalue weighted by Gasteiger charge is -2.27. The molecule has 62 heavy (non-hydrogen) atoms. The van der Waals surface area contributed by atoms with Crippen LogP contribution in [0.3, 0.4) is 0 Å². The smallest absolute Gasteiger partial charge is 0.314 e. The summed E-state index contributed by atoms with van der Waals surface area (Å²) in [5.74, 6) is -1.55. The Labute approximate surface area is 366 Å². The molecule has 3 aromatic heterocycles. The summed E-state index contributed by atoms with van der Waals surface area (Å²) in [7, 11) is 0. The van der Waals surface area contributed by atoms with Gasteiger partial charge in [-0.15, -0.1) is 22.7 Å². The summed E-state index contributed by atoms with van der Waals surface area (Å²) in [5, 5.41) is 22.9. The molecule has 0 amide bonds. The van der Waals surface area contributed by atoms with Crippen molar-refractivity contribution in [2.75, 3.05) is 0 Å². The number of ether oxygens (including phenoxy) is 4. The van der Waals surface area contributed by atoms with E-state index in [0.717, 1.165) is 20.9 Å². The van der Waals surface area contributed by atoms with Crippen LogP contribution in [0.15, 0.2) is 95.7 Å². The molecule has 6 aromatic rings. The number of aromatic nitrogens is 2. The number of esters is 4. The molecule has 0 bridgehead atoms. The van der Waals surface area contributed by atoms with Crippen LogP contribution in [0.4, 0.5) is 0 Å². The highest BCUT2D eigenvalue weighted by Gasteiger charge is 2.33. The number of phenols is 2. The number of aromatic hydroxyl groups is 2. The zero-order chi connectivity index (χ0) is 43.0. The van der Waals surface area contributed by atoms with Crippen LogP contribution >= 0.6 is 22.7 Å². The van der Waals surface area contributed by atoms with E-state index in [9.17, 15) is 29.4 Å². The molecule has 2 N–H and O–H groups in total. The number of benzene rings is 3. The third-order valence-electron chi connectivity index (χ3n) is 11.4. The Kier molecular flexibility index (Phi) is 13.5. The van der Waals surface area contributed by atoms with Crippen LogP contribution in [0, 0.1) is 11.8 Å². The van der Waals surface area contributed by atoms with E-state index in [2.05, 4.69) is 0 Å². The number of fused-ring (bicyclic) bond motifs is 1. The van der Waals surface area contributed by atoms with E-state index in [-0.39, 0.29) is 71.0 Å². The number of hydrogen-bond acceptors (Lipinski definition) is 14. The van der Waals surface area contributed by atoms with Gasteiger partial charge in [0.1, 0.15) is 46.1 Å². The number of rotatable bonds is 14. The topological polar surface area (TPSA) is 171 Å². The number of phenolic OH excluding ortho intramolecular Hbond substituents is 2. The van der Waals surface area contributed by atoms with Gasteiger partial charge in [0.2, 0.25) is 0 Å². The third kappa shape index (κ3) is 10.7. The minimum absolute atomic E-state index is 0.172. The average molecular weight is 875 g/mol. The molecule has 0 aliphatic heterocycles. The van der Waals surface area contributed by atoms with Gasteiger partial charge in [0.15, 0.2) is 11.5 Å². The first kappa shape index (κ1) is 42.6. The van der Waals surface area contributed by atoms with Crippen LogP contribution in [0.1, 0.15) is 75.3 Å². The number of thiophene rings is 2. The van der Waals surface area contributed by atoms with E-state index in [4.69, 9.17) is 28.9 Å². The quantitative estimate of drug-likeness (QED) is 0.0785. The second-order valence-electron chi connectivity index (χ2n) is 15.7. The third-order valence-corrected chi connectivity index (χ3v) is 13.2. The summed E-state index contributed by atoms with van der Waals surface area (Å²) >= 11 is 3.02. The molecular weight excluding hydrogens is 829 g/mol. The number of carbonyl (C=O) groups excluding carboxylic acids is 4. The Morgan fingerprint density at radius 2 is 0.919 bits per heavy atom.